The summed E-state index contributed by atoms with van der Waals surface area (Å²) in [6.45, 7) is 14.9. The number of carbonyl (C=O) groups is 4. The molecule has 246 valence electrons. The van der Waals surface area contributed by atoms with E-state index in [2.05, 4.69) is 24.9 Å². The van der Waals surface area contributed by atoms with Gasteiger partial charge in [0.05, 0.1) is 25.5 Å². The van der Waals surface area contributed by atoms with E-state index in [1.807, 2.05) is 48.5 Å². The van der Waals surface area contributed by atoms with Gasteiger partial charge in [0, 0.05) is 27.9 Å². The summed E-state index contributed by atoms with van der Waals surface area (Å²) in [5, 5.41) is 25.6. The number of nitrogens with zero attached hydrogens (tertiary/aromatic N) is 1. The summed E-state index contributed by atoms with van der Waals surface area (Å²) in [5.74, 6) is -2.99. The number of ether oxygens (including phenoxy) is 2. The second-order valence-electron chi connectivity index (χ2n) is 10.9. The largest absolute Gasteiger partial charge is 0.478 e. The van der Waals surface area contributed by atoms with Crippen LogP contribution in [0.1, 0.15) is 57.1 Å². The van der Waals surface area contributed by atoms with Crippen molar-refractivity contribution >= 4 is 57.7 Å². The number of fused-ring (bicyclic) bond motifs is 2. The van der Waals surface area contributed by atoms with Gasteiger partial charge in [-0.15, -0.1) is 0 Å². The molecule has 1 unspecified atom stereocenters. The molecule has 1 fully saturated rings. The fourth-order valence-electron chi connectivity index (χ4n) is 4.48. The zero-order valence-corrected chi connectivity index (χ0v) is 26.6. The van der Waals surface area contributed by atoms with E-state index < -0.39 is 23.9 Å². The van der Waals surface area contributed by atoms with E-state index in [0.29, 0.717) is 36.8 Å². The van der Waals surface area contributed by atoms with Gasteiger partial charge in [0.2, 0.25) is 0 Å². The lowest BCUT2D eigenvalue weighted by Gasteiger charge is -2.11. The lowest BCUT2D eigenvalue weighted by atomic mass is 9.93. The van der Waals surface area contributed by atoms with Gasteiger partial charge in [-0.25, -0.2) is 19.2 Å². The molecule has 1 heterocycles. The molecule has 0 bridgehead atoms. The van der Waals surface area contributed by atoms with Gasteiger partial charge in [-0.2, -0.15) is 0 Å². The van der Waals surface area contributed by atoms with Crippen molar-refractivity contribution in [1.82, 2.24) is 0 Å². The minimum absolute atomic E-state index is 0.121. The Bertz CT molecular complexity index is 1760. The third-order valence-corrected chi connectivity index (χ3v) is 7.23. The highest BCUT2D eigenvalue weighted by molar-refractivity contribution is 6.16. The first-order valence-electron chi connectivity index (χ1n) is 15.1. The fourth-order valence-corrected chi connectivity index (χ4v) is 4.48. The molecule has 0 radical (unpaired) electrons. The number of rotatable bonds is 15. The van der Waals surface area contributed by atoms with Gasteiger partial charge in [-0.1, -0.05) is 74.3 Å². The summed E-state index contributed by atoms with van der Waals surface area (Å²) in [4.78, 5) is 50.0. The molecule has 2 N–H and O–H groups in total. The number of hydrogen-bond acceptors (Lipinski definition) is 8. The Kier molecular flexibility index (Phi) is 13.4. The Hall–Kier alpha value is -5.35. The highest BCUT2D eigenvalue weighted by Crippen LogP contribution is 2.31. The van der Waals surface area contributed by atoms with Crippen LogP contribution >= 0.6 is 0 Å². The maximum absolute atomic E-state index is 11.7. The lowest BCUT2D eigenvalue weighted by Crippen LogP contribution is -2.09. The van der Waals surface area contributed by atoms with Gasteiger partial charge < -0.3 is 24.5 Å². The van der Waals surface area contributed by atoms with Gasteiger partial charge in [0.15, 0.2) is 0 Å². The molecule has 0 aliphatic carbocycles. The Labute approximate surface area is 273 Å². The number of carbonyl (C=O) groups excluding carboxylic acids is 2. The van der Waals surface area contributed by atoms with E-state index in [1.165, 1.54) is 6.21 Å². The molecular weight excluding hydrogens is 602 g/mol. The Morgan fingerprint density at radius 2 is 1.66 bits per heavy atom. The molecule has 0 aromatic heterocycles. The van der Waals surface area contributed by atoms with E-state index in [1.54, 1.807) is 19.9 Å². The smallest absolute Gasteiger partial charge is 0.360 e. The molecule has 1 atom stereocenters. The monoisotopic (exact) mass is 641 g/mol. The standard InChI is InChI=1S/C24H21NO4.C13H18O5/c1-4-16(23(26)27)12-18-9-7-10-19-13-17-8-5-6-11-20(17)21(22(18)19)14-25-29-24(28)15(2)3;1-9(12(14)15)4-3-7-17-13(16)10(2)5-6-11-8-18-11/h5-14H,2,4H2,1,3H3,(H,26,27);11H,1-8H2,(H,14,15). The number of oxime groups is 1. The average Bonchev–Trinajstić information content (AvgIpc) is 3.88. The Morgan fingerprint density at radius 1 is 0.957 bits per heavy atom. The van der Waals surface area contributed by atoms with Crippen molar-refractivity contribution in [2.45, 2.75) is 52.1 Å². The molecule has 1 aliphatic rings. The molecule has 1 saturated heterocycles. The maximum Gasteiger partial charge on any atom is 0.360 e. The van der Waals surface area contributed by atoms with Crippen LogP contribution in [0.15, 0.2) is 95.7 Å². The third-order valence-electron chi connectivity index (χ3n) is 7.23. The maximum atomic E-state index is 11.7. The Morgan fingerprint density at radius 3 is 2.30 bits per heavy atom. The van der Waals surface area contributed by atoms with Crippen LogP contribution in [0.2, 0.25) is 0 Å². The van der Waals surface area contributed by atoms with E-state index in [9.17, 15) is 24.3 Å². The zero-order chi connectivity index (χ0) is 34.5. The zero-order valence-electron chi connectivity index (χ0n) is 26.6. The fraction of sp³-hybridized carbons (Fsp3) is 0.270. The van der Waals surface area contributed by atoms with Crippen LogP contribution in [0.3, 0.4) is 0 Å². The minimum atomic E-state index is -1.02. The number of epoxide rings is 1. The summed E-state index contributed by atoms with van der Waals surface area (Å²) in [7, 11) is 0. The minimum Gasteiger partial charge on any atom is -0.478 e. The second kappa shape index (κ2) is 17.4. The van der Waals surface area contributed by atoms with Crippen LogP contribution < -0.4 is 0 Å². The number of carboxylic acids is 2. The van der Waals surface area contributed by atoms with Crippen LogP contribution in [0.25, 0.3) is 27.6 Å². The van der Waals surface area contributed by atoms with Crippen LogP contribution in [-0.4, -0.2) is 59.6 Å². The van der Waals surface area contributed by atoms with Crippen LogP contribution in [-0.2, 0) is 33.5 Å². The molecule has 0 amide bonds. The number of benzene rings is 3. The van der Waals surface area contributed by atoms with Crippen LogP contribution in [0.4, 0.5) is 0 Å². The molecule has 1 aliphatic heterocycles. The first-order chi connectivity index (χ1) is 22.4. The van der Waals surface area contributed by atoms with Gasteiger partial charge in [-0.05, 0) is 78.3 Å². The molecule has 10 nitrogen and oxygen atoms in total. The lowest BCUT2D eigenvalue weighted by molar-refractivity contribution is -0.140. The van der Waals surface area contributed by atoms with Crippen molar-refractivity contribution in [3.63, 3.8) is 0 Å². The highest BCUT2D eigenvalue weighted by Gasteiger charge is 2.23. The average molecular weight is 642 g/mol. The first kappa shape index (κ1) is 36.1. The van der Waals surface area contributed by atoms with Crippen molar-refractivity contribution in [1.29, 1.82) is 0 Å². The summed E-state index contributed by atoms with van der Waals surface area (Å²) in [6, 6.07) is 15.6. The molecule has 3 aromatic rings. The SMILES string of the molecule is C=C(C)C(=O)ON=Cc1c2ccccc2cc2cccc(C=C(CC)C(=O)O)c12.C=C(CCCOC(=O)C(=C)CCC1CO1)C(=O)O. The predicted octanol–water partition coefficient (Wildman–Crippen LogP) is 7.01. The predicted molar refractivity (Wildman–Crippen MR) is 181 cm³/mol. The second-order valence-corrected chi connectivity index (χ2v) is 10.9. The molecule has 47 heavy (non-hydrogen) atoms. The van der Waals surface area contributed by atoms with E-state index >= 15 is 0 Å². The highest BCUT2D eigenvalue weighted by atomic mass is 16.7. The molecule has 10 heteroatoms. The normalized spacial score (nSPS) is 13.8. The van der Waals surface area contributed by atoms with E-state index in [0.717, 1.165) is 45.7 Å². The molecule has 4 rings (SSSR count). The van der Waals surface area contributed by atoms with Crippen LogP contribution in [0, 0.1) is 0 Å². The number of hydrogen-bond donors (Lipinski definition) is 2. The molecule has 0 spiro atoms. The summed E-state index contributed by atoms with van der Waals surface area (Å²) in [5.41, 5.74) is 2.63. The van der Waals surface area contributed by atoms with E-state index in [4.69, 9.17) is 19.4 Å². The quantitative estimate of drug-likeness (QED) is 0.0261. The van der Waals surface area contributed by atoms with Crippen molar-refractivity contribution in [2.75, 3.05) is 13.2 Å². The molecule has 0 saturated carbocycles. The number of aliphatic carboxylic acids is 2. The summed E-state index contributed by atoms with van der Waals surface area (Å²) < 4.78 is 10.0. The van der Waals surface area contributed by atoms with Gasteiger partial charge in [0.25, 0.3) is 0 Å². The topological polar surface area (TPSA) is 152 Å². The van der Waals surface area contributed by atoms with Crippen molar-refractivity contribution < 1.29 is 43.7 Å². The van der Waals surface area contributed by atoms with Crippen molar-refractivity contribution in [3.05, 3.63) is 102 Å². The molecule has 3 aromatic carbocycles. The van der Waals surface area contributed by atoms with Crippen molar-refractivity contribution in [3.8, 4) is 0 Å². The van der Waals surface area contributed by atoms with Gasteiger partial charge >= 0.3 is 23.9 Å². The molecular formula is C37H39NO9. The van der Waals surface area contributed by atoms with Gasteiger partial charge in [0.1, 0.15) is 0 Å². The summed E-state index contributed by atoms with van der Waals surface area (Å²) >= 11 is 0. The van der Waals surface area contributed by atoms with Gasteiger partial charge in [-0.3, -0.25) is 0 Å². The number of esters is 1. The first-order valence-corrected chi connectivity index (χ1v) is 15.1. The van der Waals surface area contributed by atoms with Crippen LogP contribution in [0.5, 0.6) is 0 Å². The van der Waals surface area contributed by atoms with E-state index in [-0.39, 0.29) is 23.9 Å². The number of carboxylic acid groups (broad SMARTS) is 2. The third kappa shape index (κ3) is 10.9. The summed E-state index contributed by atoms with van der Waals surface area (Å²) in [6.07, 6.45) is 5.98. The van der Waals surface area contributed by atoms with Crippen molar-refractivity contribution in [2.24, 2.45) is 5.16 Å². The Balaban J connectivity index is 0.000000287.